The molecule has 0 saturated carbocycles. The Morgan fingerprint density at radius 1 is 1.00 bits per heavy atom. The molecule has 2 N–H and O–H groups in total. The van der Waals surface area contributed by atoms with Crippen LogP contribution in [0.25, 0.3) is 22.8 Å². The highest BCUT2D eigenvalue weighted by molar-refractivity contribution is 5.63. The summed E-state index contributed by atoms with van der Waals surface area (Å²) >= 11 is 0. The molecule has 1 aromatic heterocycles. The maximum Gasteiger partial charge on any atom is 0.258 e. The number of nitrogens with two attached hydrogens (primary N) is 1. The Bertz CT molecular complexity index is 701. The fraction of sp³-hybridized carbons (Fsp3) is 0.0667. The molecule has 0 saturated heterocycles. The van der Waals surface area contributed by atoms with Gasteiger partial charge < -0.3 is 10.3 Å². The third kappa shape index (κ3) is 2.20. The van der Waals surface area contributed by atoms with E-state index in [9.17, 15) is 0 Å². The van der Waals surface area contributed by atoms with E-state index >= 15 is 0 Å². The summed E-state index contributed by atoms with van der Waals surface area (Å²) in [5.74, 6) is 1.10. The third-order valence-electron chi connectivity index (χ3n) is 2.97. The first kappa shape index (κ1) is 11.5. The summed E-state index contributed by atoms with van der Waals surface area (Å²) in [6.45, 7) is 2.02. The topological polar surface area (TPSA) is 64.9 Å². The SMILES string of the molecule is Cc1ccccc1-c1noc(-c2ccc(N)cc2)n1. The average Bonchev–Trinajstić information content (AvgIpc) is 2.89. The average molecular weight is 251 g/mol. The Balaban J connectivity index is 2.00. The smallest absolute Gasteiger partial charge is 0.258 e. The lowest BCUT2D eigenvalue weighted by Gasteiger charge is -1.98. The van der Waals surface area contributed by atoms with Crippen LogP contribution in [-0.2, 0) is 0 Å². The molecule has 0 atom stereocenters. The molecule has 19 heavy (non-hydrogen) atoms. The van der Waals surface area contributed by atoms with Crippen LogP contribution < -0.4 is 5.73 Å². The van der Waals surface area contributed by atoms with Crippen LogP contribution in [-0.4, -0.2) is 10.1 Å². The summed E-state index contributed by atoms with van der Waals surface area (Å²) in [6, 6.07) is 15.3. The summed E-state index contributed by atoms with van der Waals surface area (Å²) in [5.41, 5.74) is 9.32. The zero-order valence-electron chi connectivity index (χ0n) is 10.5. The largest absolute Gasteiger partial charge is 0.399 e. The van der Waals surface area contributed by atoms with E-state index in [1.807, 2.05) is 55.5 Å². The number of anilines is 1. The first-order valence-corrected chi connectivity index (χ1v) is 5.99. The number of nitrogens with zero attached hydrogens (tertiary/aromatic N) is 2. The summed E-state index contributed by atoms with van der Waals surface area (Å²) < 4.78 is 5.30. The van der Waals surface area contributed by atoms with Gasteiger partial charge in [0.15, 0.2) is 0 Å². The van der Waals surface area contributed by atoms with Gasteiger partial charge in [-0.2, -0.15) is 4.98 Å². The van der Waals surface area contributed by atoms with E-state index in [1.54, 1.807) is 0 Å². The molecule has 0 aliphatic carbocycles. The molecule has 0 spiro atoms. The van der Waals surface area contributed by atoms with Crippen LogP contribution in [0.2, 0.25) is 0 Å². The maximum atomic E-state index is 5.65. The van der Waals surface area contributed by atoms with Crippen LogP contribution in [0, 0.1) is 6.92 Å². The van der Waals surface area contributed by atoms with Gasteiger partial charge in [-0.1, -0.05) is 29.4 Å². The van der Waals surface area contributed by atoms with Gasteiger partial charge in [0.05, 0.1) is 0 Å². The summed E-state index contributed by atoms with van der Waals surface area (Å²) in [7, 11) is 0. The Hall–Kier alpha value is -2.62. The predicted octanol–water partition coefficient (Wildman–Crippen LogP) is 3.29. The van der Waals surface area contributed by atoms with Gasteiger partial charge in [-0.25, -0.2) is 0 Å². The van der Waals surface area contributed by atoms with Gasteiger partial charge in [-0.15, -0.1) is 0 Å². The van der Waals surface area contributed by atoms with Crippen molar-refractivity contribution in [2.75, 3.05) is 5.73 Å². The lowest BCUT2D eigenvalue weighted by Crippen LogP contribution is -1.85. The Labute approximate surface area is 110 Å². The van der Waals surface area contributed by atoms with E-state index in [1.165, 1.54) is 0 Å². The lowest BCUT2D eigenvalue weighted by atomic mass is 10.1. The molecule has 0 amide bonds. The highest BCUT2D eigenvalue weighted by Crippen LogP contribution is 2.24. The van der Waals surface area contributed by atoms with Crippen LogP contribution in [0.4, 0.5) is 5.69 Å². The van der Waals surface area contributed by atoms with E-state index < -0.39 is 0 Å². The van der Waals surface area contributed by atoms with E-state index in [-0.39, 0.29) is 0 Å². The van der Waals surface area contributed by atoms with E-state index in [2.05, 4.69) is 10.1 Å². The summed E-state index contributed by atoms with van der Waals surface area (Å²) in [4.78, 5) is 4.42. The van der Waals surface area contributed by atoms with Gasteiger partial charge >= 0.3 is 0 Å². The molecule has 0 fully saturated rings. The molecule has 0 aliphatic heterocycles. The number of nitrogen functional groups attached to an aromatic ring is 1. The van der Waals surface area contributed by atoms with Crippen molar-refractivity contribution in [2.45, 2.75) is 6.92 Å². The second-order valence-electron chi connectivity index (χ2n) is 4.36. The summed E-state index contributed by atoms with van der Waals surface area (Å²) in [5, 5.41) is 4.03. The Morgan fingerprint density at radius 3 is 2.47 bits per heavy atom. The molecule has 0 aliphatic rings. The van der Waals surface area contributed by atoms with Gasteiger partial charge in [-0.3, -0.25) is 0 Å². The Kier molecular flexibility index (Phi) is 2.76. The van der Waals surface area contributed by atoms with Crippen molar-refractivity contribution in [2.24, 2.45) is 0 Å². The van der Waals surface area contributed by atoms with Crippen LogP contribution in [0.1, 0.15) is 5.56 Å². The monoisotopic (exact) mass is 251 g/mol. The van der Waals surface area contributed by atoms with E-state index in [0.29, 0.717) is 17.4 Å². The third-order valence-corrected chi connectivity index (χ3v) is 2.97. The van der Waals surface area contributed by atoms with Crippen LogP contribution >= 0.6 is 0 Å². The van der Waals surface area contributed by atoms with Gasteiger partial charge in [-0.05, 0) is 36.8 Å². The number of aromatic nitrogens is 2. The highest BCUT2D eigenvalue weighted by Gasteiger charge is 2.11. The van der Waals surface area contributed by atoms with Crippen molar-refractivity contribution in [3.05, 3.63) is 54.1 Å². The zero-order chi connectivity index (χ0) is 13.2. The summed E-state index contributed by atoms with van der Waals surface area (Å²) in [6.07, 6.45) is 0. The van der Waals surface area contributed by atoms with Crippen molar-refractivity contribution in [3.63, 3.8) is 0 Å². The number of hydrogen-bond donors (Lipinski definition) is 1. The van der Waals surface area contributed by atoms with Crippen LogP contribution in [0.15, 0.2) is 53.1 Å². The second-order valence-corrected chi connectivity index (χ2v) is 4.36. The van der Waals surface area contributed by atoms with E-state index in [0.717, 1.165) is 16.7 Å². The van der Waals surface area contributed by atoms with Crippen LogP contribution in [0.3, 0.4) is 0 Å². The van der Waals surface area contributed by atoms with E-state index in [4.69, 9.17) is 10.3 Å². The second kappa shape index (κ2) is 4.57. The fourth-order valence-electron chi connectivity index (χ4n) is 1.90. The van der Waals surface area contributed by atoms with Gasteiger partial charge in [0, 0.05) is 16.8 Å². The molecule has 4 heteroatoms. The molecule has 0 bridgehead atoms. The molecule has 3 aromatic rings. The van der Waals surface area contributed by atoms with Crippen molar-refractivity contribution in [1.29, 1.82) is 0 Å². The van der Waals surface area contributed by atoms with Gasteiger partial charge in [0.2, 0.25) is 5.82 Å². The highest BCUT2D eigenvalue weighted by atomic mass is 16.5. The molecule has 3 rings (SSSR count). The first-order valence-electron chi connectivity index (χ1n) is 5.99. The molecular formula is C15H13N3O. The minimum absolute atomic E-state index is 0.498. The molecule has 4 nitrogen and oxygen atoms in total. The lowest BCUT2D eigenvalue weighted by molar-refractivity contribution is 0.432. The molecule has 94 valence electrons. The standard InChI is InChI=1S/C15H13N3O/c1-10-4-2-3-5-13(10)14-17-15(19-18-14)11-6-8-12(16)9-7-11/h2-9H,16H2,1H3. The fourth-order valence-corrected chi connectivity index (χ4v) is 1.90. The minimum Gasteiger partial charge on any atom is -0.399 e. The first-order chi connectivity index (χ1) is 9.24. The van der Waals surface area contributed by atoms with Crippen molar-refractivity contribution in [3.8, 4) is 22.8 Å². The van der Waals surface area contributed by atoms with Crippen molar-refractivity contribution in [1.82, 2.24) is 10.1 Å². The molecule has 2 aromatic carbocycles. The minimum atomic E-state index is 0.498. The molecule has 0 radical (unpaired) electrons. The molecule has 0 unspecified atom stereocenters. The quantitative estimate of drug-likeness (QED) is 0.710. The van der Waals surface area contributed by atoms with Crippen molar-refractivity contribution >= 4 is 5.69 Å². The molecule has 1 heterocycles. The number of benzene rings is 2. The number of rotatable bonds is 2. The predicted molar refractivity (Wildman–Crippen MR) is 74.3 cm³/mol. The number of hydrogen-bond acceptors (Lipinski definition) is 4. The maximum absolute atomic E-state index is 5.65. The van der Waals surface area contributed by atoms with Gasteiger partial charge in [0.25, 0.3) is 5.89 Å². The Morgan fingerprint density at radius 2 is 1.74 bits per heavy atom. The van der Waals surface area contributed by atoms with Gasteiger partial charge in [0.1, 0.15) is 0 Å². The normalized spacial score (nSPS) is 10.6. The number of aryl methyl sites for hydroxylation is 1. The molecular weight excluding hydrogens is 238 g/mol. The zero-order valence-corrected chi connectivity index (χ0v) is 10.5. The van der Waals surface area contributed by atoms with Crippen molar-refractivity contribution < 1.29 is 4.52 Å². The van der Waals surface area contributed by atoms with Crippen LogP contribution in [0.5, 0.6) is 0 Å².